The summed E-state index contributed by atoms with van der Waals surface area (Å²) in [6.45, 7) is 6.51. The summed E-state index contributed by atoms with van der Waals surface area (Å²) in [5.41, 5.74) is -2.31. The third-order valence-electron chi connectivity index (χ3n) is 4.00. The number of alkyl halides is 8. The Labute approximate surface area is 172 Å². The van der Waals surface area contributed by atoms with Gasteiger partial charge >= 0.3 is 18.3 Å². The topological polar surface area (TPSA) is 60.7 Å². The molecule has 0 aliphatic rings. The van der Waals surface area contributed by atoms with Crippen LogP contribution in [-0.4, -0.2) is 35.9 Å². The number of hydrogen-bond donors (Lipinski definition) is 1. The van der Waals surface area contributed by atoms with Gasteiger partial charge in [-0.25, -0.2) is 9.67 Å². The van der Waals surface area contributed by atoms with E-state index in [9.17, 15) is 35.1 Å². The molecule has 14 heteroatoms. The summed E-state index contributed by atoms with van der Waals surface area (Å²) in [4.78, 5) is 8.36. The van der Waals surface area contributed by atoms with Crippen molar-refractivity contribution >= 4 is 11.5 Å². The van der Waals surface area contributed by atoms with Crippen molar-refractivity contribution in [2.45, 2.75) is 38.5 Å². The van der Waals surface area contributed by atoms with Crippen LogP contribution in [0.25, 0.3) is 0 Å². The lowest BCUT2D eigenvalue weighted by molar-refractivity contribution is -0.292. The van der Waals surface area contributed by atoms with E-state index in [-0.39, 0.29) is 21.7 Å². The van der Waals surface area contributed by atoms with E-state index in [1.54, 1.807) is 6.92 Å². The molecule has 1 aromatic heterocycles. The van der Waals surface area contributed by atoms with Crippen LogP contribution in [0.5, 0.6) is 0 Å². The van der Waals surface area contributed by atoms with Gasteiger partial charge in [0.05, 0.1) is 25.6 Å². The maximum atomic E-state index is 13.7. The number of ether oxygens (including phenoxy) is 1. The molecule has 176 valence electrons. The fourth-order valence-electron chi connectivity index (χ4n) is 2.48. The first-order chi connectivity index (χ1) is 14.0. The van der Waals surface area contributed by atoms with Crippen molar-refractivity contribution in [2.24, 2.45) is 12.0 Å². The summed E-state index contributed by atoms with van der Waals surface area (Å²) < 4.78 is 111. The predicted octanol–water partition coefficient (Wildman–Crippen LogP) is 5.16. The quantitative estimate of drug-likeness (QED) is 0.190. The highest BCUT2D eigenvalue weighted by Gasteiger charge is 2.64. The molecule has 0 atom stereocenters. The predicted molar refractivity (Wildman–Crippen MR) is 94.5 cm³/mol. The first-order valence-electron chi connectivity index (χ1n) is 8.44. The Kier molecular flexibility index (Phi) is 7.87. The second-order valence-corrected chi connectivity index (χ2v) is 6.09. The smallest absolute Gasteiger partial charge is 0.459 e. The van der Waals surface area contributed by atoms with Gasteiger partial charge in [-0.1, -0.05) is 13.5 Å². The molecule has 31 heavy (non-hydrogen) atoms. The maximum Gasteiger partial charge on any atom is 0.459 e. The molecule has 0 saturated carbocycles. The van der Waals surface area contributed by atoms with E-state index >= 15 is 0 Å². The van der Waals surface area contributed by atoms with Gasteiger partial charge in [0.25, 0.3) is 0 Å². The zero-order chi connectivity index (χ0) is 24.4. The van der Waals surface area contributed by atoms with Gasteiger partial charge in [-0.15, -0.1) is 0 Å². The number of aryl methyl sites for hydroxylation is 1. The average Bonchev–Trinajstić information content (AvgIpc) is 2.97. The number of allylic oxidation sites excluding steroid dienone is 2. The molecule has 6 nitrogen and oxygen atoms in total. The standard InChI is InChI=1S/C17H20F8N4O2/c1-7-10(28-31-6)12(30-5)8(2)9(3)26-14-11(16(20,21)22)13(27-29(14)4)15(18,19)17(23,24)25/h28H,2,7H2,1,3-6H3/b12-10-,26-9?. The van der Waals surface area contributed by atoms with Gasteiger partial charge in [-0.05, 0) is 13.3 Å². The van der Waals surface area contributed by atoms with E-state index in [2.05, 4.69) is 22.2 Å². The number of hydroxylamine groups is 1. The minimum absolute atomic E-state index is 0.0298. The van der Waals surface area contributed by atoms with Crippen molar-refractivity contribution in [1.82, 2.24) is 15.3 Å². The lowest BCUT2D eigenvalue weighted by Gasteiger charge is -2.19. The number of hydrogen-bond acceptors (Lipinski definition) is 5. The van der Waals surface area contributed by atoms with Crippen LogP contribution < -0.4 is 5.48 Å². The monoisotopic (exact) mass is 464 g/mol. The number of nitrogens with zero attached hydrogens (tertiary/aromatic N) is 3. The van der Waals surface area contributed by atoms with E-state index in [0.29, 0.717) is 12.1 Å². The fraction of sp³-hybridized carbons (Fsp3) is 0.529. The summed E-state index contributed by atoms with van der Waals surface area (Å²) in [5, 5.41) is 2.79. The Bertz CT molecular complexity index is 882. The third-order valence-corrected chi connectivity index (χ3v) is 4.00. The molecule has 1 rings (SSSR count). The summed E-state index contributed by atoms with van der Waals surface area (Å²) in [5.74, 6) is -7.08. The molecule has 1 heterocycles. The Morgan fingerprint density at radius 2 is 1.68 bits per heavy atom. The van der Waals surface area contributed by atoms with Gasteiger partial charge in [0.15, 0.2) is 11.5 Å². The van der Waals surface area contributed by atoms with Crippen molar-refractivity contribution in [1.29, 1.82) is 0 Å². The number of rotatable bonds is 8. The van der Waals surface area contributed by atoms with Crippen molar-refractivity contribution in [3.8, 4) is 0 Å². The molecular formula is C17H20F8N4O2. The number of aromatic nitrogens is 2. The maximum absolute atomic E-state index is 13.7. The Hall–Kier alpha value is -2.64. The van der Waals surface area contributed by atoms with E-state index < -0.39 is 35.4 Å². The van der Waals surface area contributed by atoms with Gasteiger partial charge in [0, 0.05) is 12.6 Å². The number of aliphatic imine (C=N–C) groups is 1. The molecule has 0 amide bonds. The molecule has 0 aliphatic carbocycles. The largest absolute Gasteiger partial charge is 0.494 e. The number of nitrogens with one attached hydrogen (secondary N) is 1. The Morgan fingerprint density at radius 1 is 1.13 bits per heavy atom. The summed E-state index contributed by atoms with van der Waals surface area (Å²) in [7, 11) is 3.28. The van der Waals surface area contributed by atoms with Gasteiger partial charge in [0.2, 0.25) is 0 Å². The van der Waals surface area contributed by atoms with E-state index in [1.807, 2.05) is 0 Å². The van der Waals surface area contributed by atoms with E-state index in [1.165, 1.54) is 21.1 Å². The van der Waals surface area contributed by atoms with Crippen molar-refractivity contribution in [3.63, 3.8) is 0 Å². The van der Waals surface area contributed by atoms with Crippen LogP contribution in [0.1, 0.15) is 31.5 Å². The molecular weight excluding hydrogens is 444 g/mol. The van der Waals surface area contributed by atoms with Crippen LogP contribution in [0.2, 0.25) is 0 Å². The molecule has 0 fully saturated rings. The van der Waals surface area contributed by atoms with Crippen molar-refractivity contribution in [2.75, 3.05) is 14.2 Å². The lowest BCUT2D eigenvalue weighted by Crippen LogP contribution is -2.36. The van der Waals surface area contributed by atoms with Crippen LogP contribution >= 0.6 is 0 Å². The minimum Gasteiger partial charge on any atom is -0.494 e. The highest BCUT2D eigenvalue weighted by atomic mass is 19.4. The molecule has 0 saturated heterocycles. The van der Waals surface area contributed by atoms with Crippen LogP contribution in [-0.2, 0) is 28.7 Å². The van der Waals surface area contributed by atoms with Crippen LogP contribution in [0.15, 0.2) is 28.6 Å². The second-order valence-electron chi connectivity index (χ2n) is 6.09. The highest BCUT2D eigenvalue weighted by Crippen LogP contribution is 2.50. The van der Waals surface area contributed by atoms with E-state index in [0.717, 1.165) is 7.05 Å². The minimum atomic E-state index is -6.30. The molecule has 0 aliphatic heterocycles. The second kappa shape index (κ2) is 9.24. The molecule has 0 aromatic carbocycles. The molecule has 1 aromatic rings. The SMILES string of the molecule is C=C(C(C)=Nc1c(C(F)(F)F)c(C(F)(F)C(F)(F)F)nn1C)/C(OC)=C(\CC)NOC. The zero-order valence-electron chi connectivity index (χ0n) is 17.1. The van der Waals surface area contributed by atoms with Gasteiger partial charge < -0.3 is 4.74 Å². The first-order valence-corrected chi connectivity index (χ1v) is 8.44. The van der Waals surface area contributed by atoms with Crippen LogP contribution in [0.4, 0.5) is 40.9 Å². The molecule has 1 N–H and O–H groups in total. The third kappa shape index (κ3) is 5.35. The summed E-state index contributed by atoms with van der Waals surface area (Å²) in [6.07, 6.45) is -11.6. The Balaban J connectivity index is 3.74. The van der Waals surface area contributed by atoms with Gasteiger partial charge in [0.1, 0.15) is 11.3 Å². The normalized spacial score (nSPS) is 14.4. The molecule has 0 radical (unpaired) electrons. The number of methoxy groups -OCH3 is 1. The first kappa shape index (κ1) is 26.4. The summed E-state index contributed by atoms with van der Waals surface area (Å²) in [6, 6.07) is 0. The molecule has 0 unspecified atom stereocenters. The lowest BCUT2D eigenvalue weighted by atomic mass is 10.1. The number of halogens is 8. The highest BCUT2D eigenvalue weighted by molar-refractivity contribution is 6.02. The molecule has 0 bridgehead atoms. The summed E-state index contributed by atoms with van der Waals surface area (Å²) >= 11 is 0. The van der Waals surface area contributed by atoms with Gasteiger partial charge in [-0.3, -0.25) is 10.3 Å². The zero-order valence-corrected chi connectivity index (χ0v) is 17.1. The molecule has 0 spiro atoms. The average molecular weight is 464 g/mol. The Morgan fingerprint density at radius 3 is 2.06 bits per heavy atom. The van der Waals surface area contributed by atoms with Crippen molar-refractivity contribution < 1.29 is 44.7 Å². The van der Waals surface area contributed by atoms with E-state index in [4.69, 9.17) is 9.57 Å². The van der Waals surface area contributed by atoms with Gasteiger partial charge in [-0.2, -0.15) is 40.2 Å². The van der Waals surface area contributed by atoms with Crippen LogP contribution in [0, 0.1) is 0 Å². The van der Waals surface area contributed by atoms with Crippen LogP contribution in [0.3, 0.4) is 0 Å². The fourth-order valence-corrected chi connectivity index (χ4v) is 2.48. The van der Waals surface area contributed by atoms with Crippen molar-refractivity contribution in [3.05, 3.63) is 34.9 Å².